The summed E-state index contributed by atoms with van der Waals surface area (Å²) >= 11 is 0. The van der Waals surface area contributed by atoms with Gasteiger partial charge in [-0.2, -0.15) is 0 Å². The van der Waals surface area contributed by atoms with E-state index >= 15 is 0 Å². The number of carbonyl (C=O) groups is 1. The second kappa shape index (κ2) is 5.44. The Morgan fingerprint density at radius 2 is 2.30 bits per heavy atom. The molecule has 0 saturated carbocycles. The summed E-state index contributed by atoms with van der Waals surface area (Å²) in [7, 11) is 1.62. The molecule has 0 N–H and O–H groups in total. The normalized spacial score (nSPS) is 29.1. The first-order valence-electron chi connectivity index (χ1n) is 7.26. The highest BCUT2D eigenvalue weighted by Gasteiger charge is 2.38. The molecule has 1 aromatic rings. The van der Waals surface area contributed by atoms with Gasteiger partial charge in [-0.25, -0.2) is 0 Å². The summed E-state index contributed by atoms with van der Waals surface area (Å²) in [5.41, 5.74) is 0.703. The van der Waals surface area contributed by atoms with Crippen LogP contribution in [0.3, 0.4) is 0 Å². The molecule has 2 fully saturated rings. The fraction of sp³-hybridized carbons (Fsp3) is 0.562. The molecule has 20 heavy (non-hydrogen) atoms. The van der Waals surface area contributed by atoms with Crippen LogP contribution in [-0.4, -0.2) is 43.2 Å². The molecule has 1 amide bonds. The van der Waals surface area contributed by atoms with Gasteiger partial charge in [0.2, 0.25) is 0 Å². The van der Waals surface area contributed by atoms with E-state index in [0.29, 0.717) is 23.7 Å². The van der Waals surface area contributed by atoms with Crippen molar-refractivity contribution in [3.63, 3.8) is 0 Å². The maximum absolute atomic E-state index is 12.6. The zero-order chi connectivity index (χ0) is 14.1. The largest absolute Gasteiger partial charge is 0.497 e. The lowest BCUT2D eigenvalue weighted by Gasteiger charge is -2.34. The molecule has 4 nitrogen and oxygen atoms in total. The standard InChI is InChI=1S/C16H21NO3/c1-11-8-13-10-17(7-6-15(13)20-11)16(18)12-4-3-5-14(9-12)19-2/h3-5,9,11,13,15H,6-8,10H2,1-2H3/t11-,13-,15-/m1/s1. The van der Waals surface area contributed by atoms with Crippen LogP contribution in [0.5, 0.6) is 5.75 Å². The molecule has 0 unspecified atom stereocenters. The van der Waals surface area contributed by atoms with E-state index in [1.165, 1.54) is 0 Å². The smallest absolute Gasteiger partial charge is 0.254 e. The van der Waals surface area contributed by atoms with E-state index in [1.807, 2.05) is 29.2 Å². The van der Waals surface area contributed by atoms with E-state index in [0.717, 1.165) is 31.7 Å². The summed E-state index contributed by atoms with van der Waals surface area (Å²) in [6.07, 6.45) is 2.69. The van der Waals surface area contributed by atoms with Gasteiger partial charge in [0, 0.05) is 24.6 Å². The van der Waals surface area contributed by atoms with Crippen LogP contribution in [0, 0.1) is 5.92 Å². The van der Waals surface area contributed by atoms with Gasteiger partial charge < -0.3 is 14.4 Å². The third kappa shape index (κ3) is 2.52. The third-order valence-corrected chi connectivity index (χ3v) is 4.31. The number of benzene rings is 1. The summed E-state index contributed by atoms with van der Waals surface area (Å²) in [5, 5.41) is 0. The molecule has 108 valence electrons. The minimum Gasteiger partial charge on any atom is -0.497 e. The molecule has 2 aliphatic rings. The topological polar surface area (TPSA) is 38.8 Å². The lowest BCUT2D eigenvalue weighted by atomic mass is 9.92. The number of nitrogens with zero attached hydrogens (tertiary/aromatic N) is 1. The zero-order valence-electron chi connectivity index (χ0n) is 12.0. The predicted octanol–water partition coefficient (Wildman–Crippen LogP) is 2.33. The summed E-state index contributed by atoms with van der Waals surface area (Å²) in [6, 6.07) is 7.38. The Morgan fingerprint density at radius 1 is 1.45 bits per heavy atom. The van der Waals surface area contributed by atoms with Crippen molar-refractivity contribution in [3.8, 4) is 5.75 Å². The van der Waals surface area contributed by atoms with Gasteiger partial charge >= 0.3 is 0 Å². The van der Waals surface area contributed by atoms with Gasteiger partial charge in [-0.1, -0.05) is 6.07 Å². The molecule has 0 aliphatic carbocycles. The van der Waals surface area contributed by atoms with Crippen molar-refractivity contribution >= 4 is 5.91 Å². The Labute approximate surface area is 119 Å². The molecule has 0 bridgehead atoms. The highest BCUT2D eigenvalue weighted by Crippen LogP contribution is 2.33. The average Bonchev–Trinajstić information content (AvgIpc) is 2.85. The van der Waals surface area contributed by atoms with Crippen LogP contribution in [0.2, 0.25) is 0 Å². The fourth-order valence-corrected chi connectivity index (χ4v) is 3.32. The highest BCUT2D eigenvalue weighted by molar-refractivity contribution is 5.94. The second-order valence-corrected chi connectivity index (χ2v) is 5.75. The number of amides is 1. The molecule has 3 rings (SSSR count). The second-order valence-electron chi connectivity index (χ2n) is 5.75. The van der Waals surface area contributed by atoms with Gasteiger partial charge in [0.05, 0.1) is 19.3 Å². The van der Waals surface area contributed by atoms with Gasteiger partial charge in [-0.15, -0.1) is 0 Å². The maximum Gasteiger partial charge on any atom is 0.254 e. The molecule has 4 heteroatoms. The number of piperidine rings is 1. The van der Waals surface area contributed by atoms with Gasteiger partial charge in [-0.3, -0.25) is 4.79 Å². The number of hydrogen-bond acceptors (Lipinski definition) is 3. The summed E-state index contributed by atoms with van der Waals surface area (Å²) < 4.78 is 11.1. The molecule has 0 spiro atoms. The van der Waals surface area contributed by atoms with Crippen LogP contribution >= 0.6 is 0 Å². The van der Waals surface area contributed by atoms with Crippen molar-refractivity contribution in [3.05, 3.63) is 29.8 Å². The van der Waals surface area contributed by atoms with E-state index in [2.05, 4.69) is 6.92 Å². The van der Waals surface area contributed by atoms with Crippen molar-refractivity contribution in [2.45, 2.75) is 32.0 Å². The maximum atomic E-state index is 12.6. The first-order chi connectivity index (χ1) is 9.67. The average molecular weight is 275 g/mol. The Balaban J connectivity index is 1.71. The van der Waals surface area contributed by atoms with Crippen molar-refractivity contribution in [1.82, 2.24) is 4.90 Å². The summed E-state index contributed by atoms with van der Waals surface area (Å²) in [6.45, 7) is 3.71. The van der Waals surface area contributed by atoms with Crippen LogP contribution in [0.1, 0.15) is 30.1 Å². The first-order valence-corrected chi connectivity index (χ1v) is 7.26. The number of fused-ring (bicyclic) bond motifs is 1. The molecular weight excluding hydrogens is 254 g/mol. The Morgan fingerprint density at radius 3 is 3.10 bits per heavy atom. The molecule has 2 heterocycles. The zero-order valence-corrected chi connectivity index (χ0v) is 12.0. The lowest BCUT2D eigenvalue weighted by Crippen LogP contribution is -2.44. The molecule has 0 aromatic heterocycles. The van der Waals surface area contributed by atoms with Crippen molar-refractivity contribution in [2.75, 3.05) is 20.2 Å². The van der Waals surface area contributed by atoms with Crippen LogP contribution < -0.4 is 4.74 Å². The van der Waals surface area contributed by atoms with Gasteiger partial charge in [-0.05, 0) is 38.0 Å². The van der Waals surface area contributed by atoms with Crippen molar-refractivity contribution in [1.29, 1.82) is 0 Å². The third-order valence-electron chi connectivity index (χ3n) is 4.31. The number of hydrogen-bond donors (Lipinski definition) is 0. The number of rotatable bonds is 2. The highest BCUT2D eigenvalue weighted by atomic mass is 16.5. The SMILES string of the molecule is COc1cccc(C(=O)N2CC[C@H]3O[C@H](C)C[C@@H]3C2)c1. The number of methoxy groups -OCH3 is 1. The van der Waals surface area contributed by atoms with E-state index in [1.54, 1.807) is 7.11 Å². The van der Waals surface area contributed by atoms with E-state index in [9.17, 15) is 4.79 Å². The molecule has 2 aliphatic heterocycles. The minimum absolute atomic E-state index is 0.0990. The van der Waals surface area contributed by atoms with Crippen LogP contribution in [0.25, 0.3) is 0 Å². The molecular formula is C16H21NO3. The molecule has 0 radical (unpaired) electrons. The van der Waals surface area contributed by atoms with Crippen LogP contribution in [-0.2, 0) is 4.74 Å². The van der Waals surface area contributed by atoms with Gasteiger partial charge in [0.15, 0.2) is 0 Å². The lowest BCUT2D eigenvalue weighted by molar-refractivity contribution is 0.00864. The van der Waals surface area contributed by atoms with Gasteiger partial charge in [0.1, 0.15) is 5.75 Å². The molecule has 1 aromatic carbocycles. The Kier molecular flexibility index (Phi) is 3.66. The van der Waals surface area contributed by atoms with E-state index in [4.69, 9.17) is 9.47 Å². The number of likely N-dealkylation sites (tertiary alicyclic amines) is 1. The molecule has 2 saturated heterocycles. The van der Waals surface area contributed by atoms with E-state index in [-0.39, 0.29) is 5.91 Å². The van der Waals surface area contributed by atoms with Gasteiger partial charge in [0.25, 0.3) is 5.91 Å². The van der Waals surface area contributed by atoms with Crippen molar-refractivity contribution < 1.29 is 14.3 Å². The Bertz CT molecular complexity index is 502. The monoisotopic (exact) mass is 275 g/mol. The summed E-state index contributed by atoms with van der Waals surface area (Å²) in [4.78, 5) is 14.5. The quantitative estimate of drug-likeness (QED) is 0.831. The molecule has 3 atom stereocenters. The van der Waals surface area contributed by atoms with Crippen LogP contribution in [0.15, 0.2) is 24.3 Å². The first kappa shape index (κ1) is 13.4. The Hall–Kier alpha value is -1.55. The minimum atomic E-state index is 0.0990. The van der Waals surface area contributed by atoms with E-state index < -0.39 is 0 Å². The van der Waals surface area contributed by atoms with Crippen molar-refractivity contribution in [2.24, 2.45) is 5.92 Å². The summed E-state index contributed by atoms with van der Waals surface area (Å²) in [5.74, 6) is 1.32. The predicted molar refractivity (Wildman–Crippen MR) is 76.0 cm³/mol. The number of ether oxygens (including phenoxy) is 2. The number of carbonyl (C=O) groups excluding carboxylic acids is 1. The fourth-order valence-electron chi connectivity index (χ4n) is 3.32. The van der Waals surface area contributed by atoms with Crippen LogP contribution in [0.4, 0.5) is 0 Å².